The van der Waals surface area contributed by atoms with Gasteiger partial charge in [-0.25, -0.2) is 13.4 Å². The summed E-state index contributed by atoms with van der Waals surface area (Å²) in [6.45, 7) is 3.48. The lowest BCUT2D eigenvalue weighted by Gasteiger charge is -2.25. The van der Waals surface area contributed by atoms with Crippen molar-refractivity contribution in [2.75, 3.05) is 29.4 Å². The molecule has 6 nitrogen and oxygen atoms in total. The summed E-state index contributed by atoms with van der Waals surface area (Å²) in [5, 5.41) is 0.585. The molecule has 0 bridgehead atoms. The molecule has 0 amide bonds. The summed E-state index contributed by atoms with van der Waals surface area (Å²) in [5.74, 6) is 0.242. The van der Waals surface area contributed by atoms with Crippen molar-refractivity contribution in [2.24, 2.45) is 0 Å². The Hall–Kier alpha value is -1.64. The van der Waals surface area contributed by atoms with Gasteiger partial charge in [0.05, 0.1) is 11.4 Å². The van der Waals surface area contributed by atoms with Gasteiger partial charge in [0.1, 0.15) is 0 Å². The van der Waals surface area contributed by atoms with Gasteiger partial charge in [-0.3, -0.25) is 9.21 Å². The second-order valence-corrected chi connectivity index (χ2v) is 9.25. The van der Waals surface area contributed by atoms with E-state index in [-0.39, 0.29) is 11.8 Å². The number of benzene rings is 1. The molecule has 0 aliphatic carbocycles. The highest BCUT2D eigenvalue weighted by Gasteiger charge is 2.28. The Labute approximate surface area is 147 Å². The van der Waals surface area contributed by atoms with Crippen molar-refractivity contribution in [3.63, 3.8) is 0 Å². The van der Waals surface area contributed by atoms with E-state index in [1.165, 1.54) is 15.6 Å². The van der Waals surface area contributed by atoms with Crippen LogP contribution in [0, 0.1) is 0 Å². The number of nitrogen functional groups attached to an aromatic ring is 1. The lowest BCUT2D eigenvalue weighted by Crippen LogP contribution is -2.25. The molecule has 130 valence electrons. The zero-order valence-electron chi connectivity index (χ0n) is 13.8. The lowest BCUT2D eigenvalue weighted by molar-refractivity contribution is 0.255. The van der Waals surface area contributed by atoms with Crippen LogP contribution in [-0.2, 0) is 16.6 Å². The largest absolute Gasteiger partial charge is 0.375 e. The molecule has 1 aliphatic heterocycles. The molecule has 1 aromatic heterocycles. The van der Waals surface area contributed by atoms with Crippen LogP contribution in [0.4, 0.5) is 10.8 Å². The fraction of sp³-hybridized carbons (Fsp3) is 0.438. The van der Waals surface area contributed by atoms with Crippen LogP contribution in [-0.4, -0.2) is 37.6 Å². The fourth-order valence-electron chi connectivity index (χ4n) is 2.88. The maximum Gasteiger partial charge on any atom is 0.235 e. The zero-order valence-corrected chi connectivity index (χ0v) is 15.5. The average Bonchev–Trinajstić information content (AvgIpc) is 3.11. The van der Waals surface area contributed by atoms with Crippen LogP contribution in [0.15, 0.2) is 30.5 Å². The first-order valence-corrected chi connectivity index (χ1v) is 10.3. The molecule has 0 radical (unpaired) electrons. The first-order valence-electron chi connectivity index (χ1n) is 7.87. The van der Waals surface area contributed by atoms with Crippen LogP contribution in [0.25, 0.3) is 0 Å². The summed E-state index contributed by atoms with van der Waals surface area (Å²) in [4.78, 5) is 7.42. The summed E-state index contributed by atoms with van der Waals surface area (Å²) in [5.41, 5.74) is 7.57. The predicted octanol–water partition coefficient (Wildman–Crippen LogP) is 2.46. The lowest BCUT2D eigenvalue weighted by atomic mass is 10.1. The van der Waals surface area contributed by atoms with E-state index < -0.39 is 10.0 Å². The Morgan fingerprint density at radius 1 is 1.38 bits per heavy atom. The molecule has 3 rings (SSSR count). The quantitative estimate of drug-likeness (QED) is 0.879. The van der Waals surface area contributed by atoms with Crippen molar-refractivity contribution >= 4 is 32.2 Å². The van der Waals surface area contributed by atoms with Crippen molar-refractivity contribution in [2.45, 2.75) is 25.9 Å². The standard InChI is InChI=1S/C16H22N4O2S2/c1-12(19(2)11-15-10-18-16(17)23-15)13-4-6-14(7-5-13)20-8-3-9-24(20,21)22/h4-7,10,12H,3,8-9,11H2,1-2H3,(H2,17,18). The maximum atomic E-state index is 12.0. The minimum Gasteiger partial charge on any atom is -0.375 e. The highest BCUT2D eigenvalue weighted by molar-refractivity contribution is 7.93. The molecule has 24 heavy (non-hydrogen) atoms. The van der Waals surface area contributed by atoms with Crippen LogP contribution in [0.2, 0.25) is 0 Å². The number of hydrogen-bond donors (Lipinski definition) is 1. The second-order valence-electron chi connectivity index (χ2n) is 6.09. The predicted molar refractivity (Wildman–Crippen MR) is 98.6 cm³/mol. The summed E-state index contributed by atoms with van der Waals surface area (Å²) < 4.78 is 25.5. The van der Waals surface area contributed by atoms with Gasteiger partial charge >= 0.3 is 0 Å². The van der Waals surface area contributed by atoms with E-state index >= 15 is 0 Å². The van der Waals surface area contributed by atoms with Crippen molar-refractivity contribution in [3.8, 4) is 0 Å². The molecule has 1 fully saturated rings. The minimum atomic E-state index is -3.12. The van der Waals surface area contributed by atoms with Gasteiger partial charge in [-0.15, -0.1) is 11.3 Å². The van der Waals surface area contributed by atoms with Crippen molar-refractivity contribution in [1.82, 2.24) is 9.88 Å². The Bertz CT molecular complexity index is 802. The van der Waals surface area contributed by atoms with Gasteiger partial charge in [0.2, 0.25) is 10.0 Å². The number of nitrogens with two attached hydrogens (primary N) is 1. The molecule has 0 spiro atoms. The number of sulfonamides is 1. The van der Waals surface area contributed by atoms with Crippen molar-refractivity contribution < 1.29 is 8.42 Å². The smallest absolute Gasteiger partial charge is 0.235 e. The molecule has 1 aliphatic rings. The van der Waals surface area contributed by atoms with E-state index in [9.17, 15) is 8.42 Å². The number of rotatable bonds is 5. The van der Waals surface area contributed by atoms with Crippen LogP contribution in [0.3, 0.4) is 0 Å². The van der Waals surface area contributed by atoms with Crippen LogP contribution in [0.1, 0.15) is 29.8 Å². The number of thiazole rings is 1. The van der Waals surface area contributed by atoms with Gasteiger partial charge in [-0.1, -0.05) is 12.1 Å². The molecule has 1 atom stereocenters. The minimum absolute atomic E-state index is 0.206. The topological polar surface area (TPSA) is 79.5 Å². The van der Waals surface area contributed by atoms with Crippen LogP contribution < -0.4 is 10.0 Å². The van der Waals surface area contributed by atoms with E-state index in [0.29, 0.717) is 18.1 Å². The van der Waals surface area contributed by atoms with Crippen LogP contribution >= 0.6 is 11.3 Å². The molecular weight excluding hydrogens is 344 g/mol. The van der Waals surface area contributed by atoms with E-state index in [2.05, 4.69) is 23.9 Å². The molecule has 1 saturated heterocycles. The second kappa shape index (κ2) is 6.70. The molecule has 1 unspecified atom stereocenters. The SMILES string of the molecule is CC(c1ccc(N2CCCS2(=O)=O)cc1)N(C)Cc1cnc(N)s1. The molecule has 8 heteroatoms. The van der Waals surface area contributed by atoms with Gasteiger partial charge in [0, 0.05) is 30.2 Å². The van der Waals surface area contributed by atoms with Gasteiger partial charge < -0.3 is 5.73 Å². The highest BCUT2D eigenvalue weighted by atomic mass is 32.2. The van der Waals surface area contributed by atoms with Crippen molar-refractivity contribution in [1.29, 1.82) is 0 Å². The highest BCUT2D eigenvalue weighted by Crippen LogP contribution is 2.28. The number of aromatic nitrogens is 1. The van der Waals surface area contributed by atoms with E-state index in [4.69, 9.17) is 5.73 Å². The summed E-state index contributed by atoms with van der Waals surface area (Å²) >= 11 is 1.50. The summed E-state index contributed by atoms with van der Waals surface area (Å²) in [7, 11) is -1.07. The first kappa shape index (κ1) is 17.2. The fourth-order valence-corrected chi connectivity index (χ4v) is 5.19. The number of anilines is 2. The third-order valence-corrected chi connectivity index (χ3v) is 7.08. The molecular formula is C16H22N4O2S2. The van der Waals surface area contributed by atoms with Gasteiger partial charge in [-0.2, -0.15) is 0 Å². The normalized spacial score (nSPS) is 18.2. The average molecular weight is 367 g/mol. The van der Waals surface area contributed by atoms with Gasteiger partial charge in [-0.05, 0) is 38.1 Å². The molecule has 1 aromatic carbocycles. The Morgan fingerprint density at radius 2 is 2.08 bits per heavy atom. The summed E-state index contributed by atoms with van der Waals surface area (Å²) in [6, 6.07) is 8.01. The Kier molecular flexibility index (Phi) is 4.80. The molecule has 2 N–H and O–H groups in total. The third kappa shape index (κ3) is 3.55. The maximum absolute atomic E-state index is 12.0. The van der Waals surface area contributed by atoms with Gasteiger partial charge in [0.15, 0.2) is 5.13 Å². The zero-order chi connectivity index (χ0) is 17.3. The Balaban J connectivity index is 1.70. The van der Waals surface area contributed by atoms with E-state index in [0.717, 1.165) is 22.7 Å². The molecule has 2 heterocycles. The van der Waals surface area contributed by atoms with Crippen molar-refractivity contribution in [3.05, 3.63) is 40.9 Å². The number of nitrogens with zero attached hydrogens (tertiary/aromatic N) is 3. The van der Waals surface area contributed by atoms with E-state index in [1.54, 1.807) is 0 Å². The number of hydrogen-bond acceptors (Lipinski definition) is 6. The van der Waals surface area contributed by atoms with Gasteiger partial charge in [0.25, 0.3) is 0 Å². The first-order chi connectivity index (χ1) is 11.4. The molecule has 2 aromatic rings. The van der Waals surface area contributed by atoms with Crippen LogP contribution in [0.5, 0.6) is 0 Å². The third-order valence-electron chi connectivity index (χ3n) is 4.40. The Morgan fingerprint density at radius 3 is 2.62 bits per heavy atom. The molecule has 0 saturated carbocycles. The monoisotopic (exact) mass is 366 g/mol. The van der Waals surface area contributed by atoms with E-state index in [1.807, 2.05) is 30.5 Å². The summed E-state index contributed by atoms with van der Waals surface area (Å²) in [6.07, 6.45) is 2.51.